The van der Waals surface area contributed by atoms with Crippen molar-refractivity contribution < 1.29 is 9.53 Å². The second kappa shape index (κ2) is 6.91. The van der Waals surface area contributed by atoms with E-state index in [1.54, 1.807) is 0 Å². The smallest absolute Gasteiger partial charge is 0.260 e. The largest absolute Gasteiger partial charge is 0.484 e. The Hall–Kier alpha value is -1.07. The summed E-state index contributed by atoms with van der Waals surface area (Å²) in [6.45, 7) is 2.06. The molecule has 1 aliphatic heterocycles. The van der Waals surface area contributed by atoms with Crippen LogP contribution in [0.3, 0.4) is 0 Å². The number of hydrogen-bond donors (Lipinski definition) is 1. The lowest BCUT2D eigenvalue weighted by molar-refractivity contribution is -0.134. The van der Waals surface area contributed by atoms with Gasteiger partial charge in [-0.25, -0.2) is 0 Å². The predicted octanol–water partition coefficient (Wildman–Crippen LogP) is 2.04. The molecule has 0 spiro atoms. The average Bonchev–Trinajstić information content (AvgIpc) is 2.46. The molecule has 2 rings (SSSR count). The number of piperidine rings is 1. The molecule has 4 nitrogen and oxygen atoms in total. The summed E-state index contributed by atoms with van der Waals surface area (Å²) >= 11 is 3.36. The van der Waals surface area contributed by atoms with Gasteiger partial charge in [-0.1, -0.05) is 15.9 Å². The molecule has 0 saturated carbocycles. The van der Waals surface area contributed by atoms with Crippen LogP contribution in [0, 0.1) is 0 Å². The molecule has 0 aromatic heterocycles. The second-order valence-corrected chi connectivity index (χ2v) is 5.64. The van der Waals surface area contributed by atoms with E-state index in [-0.39, 0.29) is 12.5 Å². The molecule has 1 N–H and O–H groups in total. The molecule has 19 heavy (non-hydrogen) atoms. The number of nitrogens with zero attached hydrogens (tertiary/aromatic N) is 1. The number of rotatable bonds is 4. The Morgan fingerprint density at radius 3 is 2.63 bits per heavy atom. The normalized spacial score (nSPS) is 16.1. The number of carbonyl (C=O) groups excluding carboxylic acids is 1. The van der Waals surface area contributed by atoms with E-state index in [0.717, 1.165) is 36.2 Å². The monoisotopic (exact) mass is 326 g/mol. The van der Waals surface area contributed by atoms with Crippen LogP contribution in [0.2, 0.25) is 0 Å². The maximum atomic E-state index is 12.1. The van der Waals surface area contributed by atoms with Gasteiger partial charge in [-0.3, -0.25) is 4.79 Å². The van der Waals surface area contributed by atoms with Gasteiger partial charge in [0, 0.05) is 17.6 Å². The third-order valence-corrected chi connectivity index (χ3v) is 3.95. The molecule has 1 aromatic rings. The number of likely N-dealkylation sites (N-methyl/N-ethyl adjacent to an activating group) is 1. The topological polar surface area (TPSA) is 41.6 Å². The van der Waals surface area contributed by atoms with Gasteiger partial charge in [-0.15, -0.1) is 0 Å². The number of benzene rings is 1. The van der Waals surface area contributed by atoms with Gasteiger partial charge in [-0.05, 0) is 50.2 Å². The molecule has 0 unspecified atom stereocenters. The standard InChI is InChI=1S/C14H19BrN2O2/c1-17(12-6-8-16-9-7-12)14(18)10-19-13-4-2-11(15)3-5-13/h2-5,12,16H,6-10H2,1H3. The quantitative estimate of drug-likeness (QED) is 0.920. The van der Waals surface area contributed by atoms with Crippen molar-refractivity contribution in [2.24, 2.45) is 0 Å². The van der Waals surface area contributed by atoms with Crippen molar-refractivity contribution >= 4 is 21.8 Å². The Kier molecular flexibility index (Phi) is 5.22. The van der Waals surface area contributed by atoms with Gasteiger partial charge in [0.15, 0.2) is 6.61 Å². The highest BCUT2D eigenvalue weighted by atomic mass is 79.9. The minimum absolute atomic E-state index is 0.0369. The van der Waals surface area contributed by atoms with E-state index in [9.17, 15) is 4.79 Å². The first-order valence-corrected chi connectivity index (χ1v) is 7.31. The lowest BCUT2D eigenvalue weighted by atomic mass is 10.1. The Morgan fingerprint density at radius 2 is 2.00 bits per heavy atom. The SMILES string of the molecule is CN(C(=O)COc1ccc(Br)cc1)C1CCNCC1. The Morgan fingerprint density at radius 1 is 1.37 bits per heavy atom. The lowest BCUT2D eigenvalue weighted by Crippen LogP contribution is -2.45. The molecule has 1 saturated heterocycles. The van der Waals surface area contributed by atoms with Gasteiger partial charge < -0.3 is 15.0 Å². The van der Waals surface area contributed by atoms with Crippen molar-refractivity contribution in [1.82, 2.24) is 10.2 Å². The number of halogens is 1. The van der Waals surface area contributed by atoms with Gasteiger partial charge in [-0.2, -0.15) is 0 Å². The summed E-state index contributed by atoms with van der Waals surface area (Å²) in [7, 11) is 1.86. The van der Waals surface area contributed by atoms with Crippen LogP contribution in [0.25, 0.3) is 0 Å². The van der Waals surface area contributed by atoms with Gasteiger partial charge in [0.05, 0.1) is 0 Å². The third kappa shape index (κ3) is 4.21. The van der Waals surface area contributed by atoms with Crippen LogP contribution < -0.4 is 10.1 Å². The van der Waals surface area contributed by atoms with E-state index in [0.29, 0.717) is 6.04 Å². The number of ether oxygens (including phenoxy) is 1. The molecule has 1 heterocycles. The van der Waals surface area contributed by atoms with E-state index in [2.05, 4.69) is 21.2 Å². The van der Waals surface area contributed by atoms with Crippen LogP contribution in [0.15, 0.2) is 28.7 Å². The Bertz CT molecular complexity index is 416. The molecule has 1 amide bonds. The molecule has 0 aliphatic carbocycles. The Balaban J connectivity index is 1.81. The van der Waals surface area contributed by atoms with Crippen molar-refractivity contribution in [3.05, 3.63) is 28.7 Å². The summed E-state index contributed by atoms with van der Waals surface area (Å²) in [5, 5.41) is 3.30. The molecular weight excluding hydrogens is 308 g/mol. The summed E-state index contributed by atoms with van der Waals surface area (Å²) in [5.41, 5.74) is 0. The molecule has 5 heteroatoms. The van der Waals surface area contributed by atoms with Gasteiger partial charge in [0.1, 0.15) is 5.75 Å². The maximum Gasteiger partial charge on any atom is 0.260 e. The summed E-state index contributed by atoms with van der Waals surface area (Å²) in [6.07, 6.45) is 2.03. The van der Waals surface area contributed by atoms with Crippen molar-refractivity contribution in [3.8, 4) is 5.75 Å². The van der Waals surface area contributed by atoms with Crippen LogP contribution in [0.5, 0.6) is 5.75 Å². The lowest BCUT2D eigenvalue weighted by Gasteiger charge is -2.31. The molecule has 0 radical (unpaired) electrons. The first-order valence-electron chi connectivity index (χ1n) is 6.51. The van der Waals surface area contributed by atoms with Crippen molar-refractivity contribution in [2.45, 2.75) is 18.9 Å². The molecule has 0 bridgehead atoms. The molecular formula is C14H19BrN2O2. The maximum absolute atomic E-state index is 12.1. The van der Waals surface area contributed by atoms with Crippen molar-refractivity contribution in [2.75, 3.05) is 26.7 Å². The highest BCUT2D eigenvalue weighted by Crippen LogP contribution is 2.16. The second-order valence-electron chi connectivity index (χ2n) is 4.73. The highest BCUT2D eigenvalue weighted by molar-refractivity contribution is 9.10. The zero-order chi connectivity index (χ0) is 13.7. The third-order valence-electron chi connectivity index (χ3n) is 3.43. The molecule has 104 valence electrons. The fourth-order valence-electron chi connectivity index (χ4n) is 2.18. The summed E-state index contributed by atoms with van der Waals surface area (Å²) in [4.78, 5) is 13.9. The van der Waals surface area contributed by atoms with Crippen LogP contribution >= 0.6 is 15.9 Å². The van der Waals surface area contributed by atoms with Gasteiger partial charge in [0.25, 0.3) is 5.91 Å². The van der Waals surface area contributed by atoms with Crippen LogP contribution in [-0.4, -0.2) is 43.6 Å². The highest BCUT2D eigenvalue weighted by Gasteiger charge is 2.21. The van der Waals surface area contributed by atoms with E-state index in [1.807, 2.05) is 36.2 Å². The first kappa shape index (κ1) is 14.3. The molecule has 1 fully saturated rings. The van der Waals surface area contributed by atoms with Gasteiger partial charge in [0.2, 0.25) is 0 Å². The molecule has 1 aromatic carbocycles. The van der Waals surface area contributed by atoms with E-state index in [4.69, 9.17) is 4.74 Å². The number of nitrogens with one attached hydrogen (secondary N) is 1. The first-order chi connectivity index (χ1) is 9.16. The summed E-state index contributed by atoms with van der Waals surface area (Å²) in [5.74, 6) is 0.755. The van der Waals surface area contributed by atoms with Gasteiger partial charge >= 0.3 is 0 Å². The van der Waals surface area contributed by atoms with Crippen molar-refractivity contribution in [1.29, 1.82) is 0 Å². The summed E-state index contributed by atoms with van der Waals surface area (Å²) in [6, 6.07) is 7.83. The average molecular weight is 327 g/mol. The number of carbonyl (C=O) groups is 1. The fourth-order valence-corrected chi connectivity index (χ4v) is 2.44. The van der Waals surface area contributed by atoms with E-state index in [1.165, 1.54) is 0 Å². The number of hydrogen-bond acceptors (Lipinski definition) is 3. The van der Waals surface area contributed by atoms with Crippen LogP contribution in [0.4, 0.5) is 0 Å². The Labute approximate surface area is 122 Å². The van der Waals surface area contributed by atoms with Crippen molar-refractivity contribution in [3.63, 3.8) is 0 Å². The van der Waals surface area contributed by atoms with E-state index < -0.39 is 0 Å². The molecule has 0 atom stereocenters. The van der Waals surface area contributed by atoms with Crippen LogP contribution in [0.1, 0.15) is 12.8 Å². The minimum Gasteiger partial charge on any atom is -0.484 e. The minimum atomic E-state index is 0.0369. The number of amides is 1. The van der Waals surface area contributed by atoms with Crippen LogP contribution in [-0.2, 0) is 4.79 Å². The zero-order valence-electron chi connectivity index (χ0n) is 11.1. The zero-order valence-corrected chi connectivity index (χ0v) is 12.6. The predicted molar refractivity (Wildman–Crippen MR) is 78.3 cm³/mol. The van der Waals surface area contributed by atoms with E-state index >= 15 is 0 Å². The molecule has 1 aliphatic rings. The fraction of sp³-hybridized carbons (Fsp3) is 0.500. The summed E-state index contributed by atoms with van der Waals surface area (Å²) < 4.78 is 6.51.